The van der Waals surface area contributed by atoms with Crippen LogP contribution in [0.15, 0.2) is 29.5 Å². The summed E-state index contributed by atoms with van der Waals surface area (Å²) < 4.78 is 7.19. The predicted octanol–water partition coefficient (Wildman–Crippen LogP) is 0.849. The van der Waals surface area contributed by atoms with E-state index < -0.39 is 0 Å². The van der Waals surface area contributed by atoms with Crippen LogP contribution in [0.25, 0.3) is 0 Å². The van der Waals surface area contributed by atoms with Crippen LogP contribution >= 0.6 is 24.0 Å². The van der Waals surface area contributed by atoms with Gasteiger partial charge in [0.05, 0.1) is 6.61 Å². The number of hydrogen-bond donors (Lipinski definition) is 2. The van der Waals surface area contributed by atoms with Crippen LogP contribution < -0.4 is 10.6 Å². The Hall–Kier alpha value is -0.800. The van der Waals surface area contributed by atoms with Crippen molar-refractivity contribution in [2.45, 2.75) is 6.54 Å². The van der Waals surface area contributed by atoms with Crippen molar-refractivity contribution < 1.29 is 4.74 Å². The van der Waals surface area contributed by atoms with E-state index in [0.29, 0.717) is 0 Å². The highest BCUT2D eigenvalue weighted by Gasteiger charge is 2.00. The first-order chi connectivity index (χ1) is 9.76. The van der Waals surface area contributed by atoms with Crippen LogP contribution in [0.5, 0.6) is 0 Å². The fourth-order valence-electron chi connectivity index (χ4n) is 1.77. The first-order valence-electron chi connectivity index (χ1n) is 6.99. The third kappa shape index (κ3) is 9.70. The molecule has 0 saturated heterocycles. The van der Waals surface area contributed by atoms with Crippen LogP contribution in [0.1, 0.15) is 0 Å². The van der Waals surface area contributed by atoms with E-state index in [1.54, 1.807) is 14.2 Å². The summed E-state index contributed by atoms with van der Waals surface area (Å²) in [5.41, 5.74) is 0. The maximum absolute atomic E-state index is 5.05. The molecule has 0 aromatic carbocycles. The van der Waals surface area contributed by atoms with Gasteiger partial charge in [0, 0.05) is 59.3 Å². The van der Waals surface area contributed by atoms with E-state index >= 15 is 0 Å². The highest BCUT2D eigenvalue weighted by Crippen LogP contribution is 1.88. The molecule has 1 aromatic rings. The van der Waals surface area contributed by atoms with E-state index in [4.69, 9.17) is 4.74 Å². The van der Waals surface area contributed by atoms with Crippen LogP contribution in [0.2, 0.25) is 0 Å². The number of aromatic nitrogens is 1. The molecule has 0 aliphatic heterocycles. The topological polar surface area (TPSA) is 53.8 Å². The summed E-state index contributed by atoms with van der Waals surface area (Å²) in [6.07, 6.45) is 4.12. The number of methoxy groups -OCH3 is 1. The van der Waals surface area contributed by atoms with Crippen molar-refractivity contribution in [1.82, 2.24) is 20.1 Å². The van der Waals surface area contributed by atoms with Crippen LogP contribution in [0.3, 0.4) is 0 Å². The Morgan fingerprint density at radius 3 is 2.48 bits per heavy atom. The molecule has 21 heavy (non-hydrogen) atoms. The Bertz CT molecular complexity index is 369. The Morgan fingerprint density at radius 1 is 1.19 bits per heavy atom. The zero-order valence-corrected chi connectivity index (χ0v) is 15.5. The van der Waals surface area contributed by atoms with Gasteiger partial charge in [0.15, 0.2) is 5.96 Å². The summed E-state index contributed by atoms with van der Waals surface area (Å²) in [7, 11) is 5.60. The summed E-state index contributed by atoms with van der Waals surface area (Å²) in [5.74, 6) is 0.845. The number of ether oxygens (including phenoxy) is 1. The lowest BCUT2D eigenvalue weighted by Crippen LogP contribution is -2.42. The predicted molar refractivity (Wildman–Crippen MR) is 98.6 cm³/mol. The van der Waals surface area contributed by atoms with E-state index in [1.807, 2.05) is 12.1 Å². The average Bonchev–Trinajstić information content (AvgIpc) is 2.96. The van der Waals surface area contributed by atoms with Gasteiger partial charge in [-0.1, -0.05) is 0 Å². The van der Waals surface area contributed by atoms with Crippen molar-refractivity contribution in [2.24, 2.45) is 4.99 Å². The van der Waals surface area contributed by atoms with Gasteiger partial charge in [-0.3, -0.25) is 4.99 Å². The minimum absolute atomic E-state index is 0. The summed E-state index contributed by atoms with van der Waals surface area (Å²) >= 11 is 0. The van der Waals surface area contributed by atoms with Crippen molar-refractivity contribution in [1.29, 1.82) is 0 Å². The van der Waals surface area contributed by atoms with Gasteiger partial charge in [-0.15, -0.1) is 24.0 Å². The molecular formula is C14H28IN5O. The number of nitrogens with zero attached hydrogens (tertiary/aromatic N) is 3. The molecule has 0 spiro atoms. The number of likely N-dealkylation sites (N-methyl/N-ethyl adjacent to an activating group) is 1. The second-order valence-electron chi connectivity index (χ2n) is 4.64. The van der Waals surface area contributed by atoms with Gasteiger partial charge in [-0.05, 0) is 19.2 Å². The fourth-order valence-corrected chi connectivity index (χ4v) is 1.77. The molecule has 6 nitrogen and oxygen atoms in total. The van der Waals surface area contributed by atoms with Crippen molar-refractivity contribution >= 4 is 29.9 Å². The normalized spacial score (nSPS) is 11.3. The lowest BCUT2D eigenvalue weighted by atomic mass is 10.5. The number of nitrogens with one attached hydrogen (secondary N) is 2. The Labute approximate surface area is 145 Å². The molecule has 1 rings (SSSR count). The van der Waals surface area contributed by atoms with Gasteiger partial charge < -0.3 is 24.8 Å². The molecule has 0 amide bonds. The molecule has 7 heteroatoms. The summed E-state index contributed by atoms with van der Waals surface area (Å²) in [5, 5.41) is 6.60. The first kappa shape index (κ1) is 20.2. The molecule has 0 fully saturated rings. The number of halogens is 1. The average molecular weight is 409 g/mol. The molecule has 1 heterocycles. The van der Waals surface area contributed by atoms with Gasteiger partial charge in [0.1, 0.15) is 0 Å². The number of hydrogen-bond acceptors (Lipinski definition) is 3. The molecule has 2 N–H and O–H groups in total. The van der Waals surface area contributed by atoms with E-state index in [0.717, 1.165) is 45.3 Å². The molecule has 1 aromatic heterocycles. The zero-order chi connectivity index (χ0) is 14.6. The maximum Gasteiger partial charge on any atom is 0.191 e. The molecular weight excluding hydrogens is 381 g/mol. The van der Waals surface area contributed by atoms with Crippen LogP contribution in [0.4, 0.5) is 0 Å². The SMILES string of the molecule is CN=C(NCCN(C)CCOC)NCCn1cccc1.I. The summed E-state index contributed by atoms with van der Waals surface area (Å²) in [6.45, 7) is 5.32. The maximum atomic E-state index is 5.05. The largest absolute Gasteiger partial charge is 0.383 e. The lowest BCUT2D eigenvalue weighted by molar-refractivity contribution is 0.162. The Morgan fingerprint density at radius 2 is 1.86 bits per heavy atom. The standard InChI is InChI=1S/C14H27N5O.HI/c1-15-14(16-6-10-18(2)12-13-20-3)17-7-11-19-8-4-5-9-19;/h4-5,8-9H,6-7,10-13H2,1-3H3,(H2,15,16,17);1H. The molecule has 0 saturated carbocycles. The smallest absolute Gasteiger partial charge is 0.191 e. The number of rotatable bonds is 9. The third-order valence-electron chi connectivity index (χ3n) is 3.02. The van der Waals surface area contributed by atoms with Crippen molar-refractivity contribution in [3.63, 3.8) is 0 Å². The molecule has 122 valence electrons. The van der Waals surface area contributed by atoms with Crippen LogP contribution in [-0.2, 0) is 11.3 Å². The van der Waals surface area contributed by atoms with Crippen molar-refractivity contribution in [3.05, 3.63) is 24.5 Å². The van der Waals surface area contributed by atoms with E-state index in [2.05, 4.69) is 44.5 Å². The fraction of sp³-hybridized carbons (Fsp3) is 0.643. The van der Waals surface area contributed by atoms with Gasteiger partial charge in [0.2, 0.25) is 0 Å². The van der Waals surface area contributed by atoms with Crippen molar-refractivity contribution in [2.75, 3.05) is 54.0 Å². The Kier molecular flexibility index (Phi) is 12.4. The number of aliphatic imine (C=N–C) groups is 1. The van der Waals surface area contributed by atoms with E-state index in [1.165, 1.54) is 0 Å². The third-order valence-corrected chi connectivity index (χ3v) is 3.02. The second kappa shape index (κ2) is 12.9. The minimum Gasteiger partial charge on any atom is -0.383 e. The molecule has 0 unspecified atom stereocenters. The highest BCUT2D eigenvalue weighted by molar-refractivity contribution is 14.0. The Balaban J connectivity index is 0.00000400. The highest BCUT2D eigenvalue weighted by atomic mass is 127. The minimum atomic E-state index is 0. The van der Waals surface area contributed by atoms with Crippen LogP contribution in [-0.4, -0.2) is 69.4 Å². The second-order valence-corrected chi connectivity index (χ2v) is 4.64. The molecule has 0 aliphatic rings. The van der Waals surface area contributed by atoms with E-state index in [9.17, 15) is 0 Å². The quantitative estimate of drug-likeness (QED) is 0.361. The number of guanidine groups is 1. The van der Waals surface area contributed by atoms with E-state index in [-0.39, 0.29) is 24.0 Å². The lowest BCUT2D eigenvalue weighted by Gasteiger charge is -2.17. The zero-order valence-electron chi connectivity index (χ0n) is 13.2. The molecule has 0 radical (unpaired) electrons. The molecule has 0 aliphatic carbocycles. The van der Waals surface area contributed by atoms with Gasteiger partial charge in [-0.25, -0.2) is 0 Å². The molecule has 0 bridgehead atoms. The monoisotopic (exact) mass is 409 g/mol. The van der Waals surface area contributed by atoms with Gasteiger partial charge >= 0.3 is 0 Å². The summed E-state index contributed by atoms with van der Waals surface area (Å²) in [6, 6.07) is 4.06. The molecule has 0 atom stereocenters. The van der Waals surface area contributed by atoms with Crippen molar-refractivity contribution in [3.8, 4) is 0 Å². The van der Waals surface area contributed by atoms with Gasteiger partial charge in [0.25, 0.3) is 0 Å². The first-order valence-corrected chi connectivity index (χ1v) is 6.99. The van der Waals surface area contributed by atoms with Gasteiger partial charge in [-0.2, -0.15) is 0 Å². The van der Waals surface area contributed by atoms with Crippen LogP contribution in [0, 0.1) is 0 Å². The summed E-state index contributed by atoms with van der Waals surface area (Å²) in [4.78, 5) is 6.43.